The lowest BCUT2D eigenvalue weighted by Crippen LogP contribution is -2.32. The number of nitrogens with two attached hydrogens (primary N) is 1. The van der Waals surface area contributed by atoms with Gasteiger partial charge in [-0.05, 0) is 20.3 Å². The molecule has 0 saturated carbocycles. The van der Waals surface area contributed by atoms with Crippen molar-refractivity contribution in [3.8, 4) is 0 Å². The lowest BCUT2D eigenvalue weighted by Gasteiger charge is -2.14. The Morgan fingerprint density at radius 2 is 2.33 bits per heavy atom. The van der Waals surface area contributed by atoms with Gasteiger partial charge < -0.3 is 10.6 Å². The number of carbonyl (C=O) groups excluding carboxylic acids is 1. The molecule has 0 unspecified atom stereocenters. The van der Waals surface area contributed by atoms with Gasteiger partial charge in [0.2, 0.25) is 0 Å². The van der Waals surface area contributed by atoms with Crippen LogP contribution in [0.5, 0.6) is 0 Å². The van der Waals surface area contributed by atoms with Crippen molar-refractivity contribution in [2.45, 2.75) is 26.3 Å². The van der Waals surface area contributed by atoms with E-state index in [1.54, 1.807) is 4.90 Å². The largest absolute Gasteiger partial charge is 0.336 e. The Morgan fingerprint density at radius 3 is 2.80 bits per heavy atom. The van der Waals surface area contributed by atoms with Gasteiger partial charge in [-0.1, -0.05) is 0 Å². The maximum absolute atomic E-state index is 12.0. The molecule has 0 aliphatic carbocycles. The van der Waals surface area contributed by atoms with Gasteiger partial charge in [0.15, 0.2) is 5.69 Å². The van der Waals surface area contributed by atoms with Gasteiger partial charge in [-0.2, -0.15) is 5.10 Å². The molecular weight excluding hydrogens is 192 g/mol. The molecule has 1 amide bonds. The smallest absolute Gasteiger partial charge is 0.274 e. The first-order chi connectivity index (χ1) is 7.09. The third-order valence-electron chi connectivity index (χ3n) is 2.97. The number of aromatic nitrogens is 2. The lowest BCUT2D eigenvalue weighted by atomic mass is 10.2. The van der Waals surface area contributed by atoms with Crippen molar-refractivity contribution in [1.29, 1.82) is 0 Å². The molecule has 0 bridgehead atoms. The van der Waals surface area contributed by atoms with Crippen LogP contribution in [0, 0.1) is 13.8 Å². The Labute approximate surface area is 88.6 Å². The van der Waals surface area contributed by atoms with Crippen LogP contribution in [0.15, 0.2) is 0 Å². The first kappa shape index (κ1) is 10.2. The number of likely N-dealkylation sites (tertiary alicyclic amines) is 1. The third-order valence-corrected chi connectivity index (χ3v) is 2.97. The van der Waals surface area contributed by atoms with Gasteiger partial charge >= 0.3 is 0 Å². The highest BCUT2D eigenvalue weighted by Gasteiger charge is 2.27. The van der Waals surface area contributed by atoms with Crippen molar-refractivity contribution >= 4 is 5.91 Å². The van der Waals surface area contributed by atoms with E-state index >= 15 is 0 Å². The Morgan fingerprint density at radius 1 is 1.60 bits per heavy atom. The van der Waals surface area contributed by atoms with E-state index < -0.39 is 0 Å². The molecular formula is C10H16N4O. The molecule has 15 heavy (non-hydrogen) atoms. The van der Waals surface area contributed by atoms with Crippen LogP contribution in [0.25, 0.3) is 0 Å². The van der Waals surface area contributed by atoms with Crippen molar-refractivity contribution in [2.24, 2.45) is 5.73 Å². The summed E-state index contributed by atoms with van der Waals surface area (Å²) in [6, 6.07) is 0.120. The fourth-order valence-corrected chi connectivity index (χ4v) is 1.81. The second-order valence-corrected chi connectivity index (χ2v) is 4.12. The van der Waals surface area contributed by atoms with E-state index in [0.29, 0.717) is 12.2 Å². The van der Waals surface area contributed by atoms with E-state index in [0.717, 1.165) is 24.2 Å². The molecule has 5 nitrogen and oxygen atoms in total. The molecule has 2 heterocycles. The number of rotatable bonds is 1. The van der Waals surface area contributed by atoms with Gasteiger partial charge in [0.1, 0.15) is 0 Å². The van der Waals surface area contributed by atoms with Crippen LogP contribution in [0.3, 0.4) is 0 Å². The second-order valence-electron chi connectivity index (χ2n) is 4.12. The molecule has 1 atom stereocenters. The molecule has 1 saturated heterocycles. The molecule has 2 rings (SSSR count). The minimum absolute atomic E-state index is 0.00944. The number of aryl methyl sites for hydroxylation is 1. The number of H-pyrrole nitrogens is 1. The minimum atomic E-state index is -0.00944. The fraction of sp³-hybridized carbons (Fsp3) is 0.600. The Hall–Kier alpha value is -1.36. The topological polar surface area (TPSA) is 75.0 Å². The number of nitrogens with zero attached hydrogens (tertiary/aromatic N) is 2. The maximum atomic E-state index is 12.0. The zero-order valence-electron chi connectivity index (χ0n) is 9.08. The predicted molar refractivity (Wildman–Crippen MR) is 56.6 cm³/mol. The molecule has 1 aliphatic heterocycles. The van der Waals surface area contributed by atoms with Crippen LogP contribution in [-0.2, 0) is 0 Å². The summed E-state index contributed by atoms with van der Waals surface area (Å²) in [6.07, 6.45) is 0.883. The maximum Gasteiger partial charge on any atom is 0.274 e. The lowest BCUT2D eigenvalue weighted by molar-refractivity contribution is 0.0784. The number of nitrogens with one attached hydrogen (secondary N) is 1. The first-order valence-corrected chi connectivity index (χ1v) is 5.16. The van der Waals surface area contributed by atoms with E-state index in [4.69, 9.17) is 5.73 Å². The van der Waals surface area contributed by atoms with Crippen LogP contribution in [0.2, 0.25) is 0 Å². The molecule has 1 aromatic heterocycles. The standard InChI is InChI=1S/C10H16N4O/c1-6-7(2)12-13-9(6)10(15)14-4-3-8(11)5-14/h8H,3-5,11H2,1-2H3,(H,12,13)/t8-/m0/s1. The van der Waals surface area contributed by atoms with Crippen molar-refractivity contribution < 1.29 is 4.79 Å². The highest BCUT2D eigenvalue weighted by molar-refractivity contribution is 5.94. The van der Waals surface area contributed by atoms with E-state index in [-0.39, 0.29) is 11.9 Å². The SMILES string of the molecule is Cc1[nH]nc(C(=O)N2CC[C@H](N)C2)c1C. The van der Waals surface area contributed by atoms with E-state index in [1.807, 2.05) is 13.8 Å². The highest BCUT2D eigenvalue weighted by atomic mass is 16.2. The van der Waals surface area contributed by atoms with Gasteiger partial charge in [-0.15, -0.1) is 0 Å². The van der Waals surface area contributed by atoms with Crippen LogP contribution in [0.1, 0.15) is 28.2 Å². The van der Waals surface area contributed by atoms with Crippen molar-refractivity contribution in [3.05, 3.63) is 17.0 Å². The number of aromatic amines is 1. The quantitative estimate of drug-likeness (QED) is 0.692. The summed E-state index contributed by atoms with van der Waals surface area (Å²) < 4.78 is 0. The zero-order chi connectivity index (χ0) is 11.0. The first-order valence-electron chi connectivity index (χ1n) is 5.16. The molecule has 3 N–H and O–H groups in total. The summed E-state index contributed by atoms with van der Waals surface area (Å²) in [6.45, 7) is 5.20. The van der Waals surface area contributed by atoms with Gasteiger partial charge in [-0.3, -0.25) is 9.89 Å². The highest BCUT2D eigenvalue weighted by Crippen LogP contribution is 2.15. The number of carbonyl (C=O) groups is 1. The predicted octanol–water partition coefficient (Wildman–Crippen LogP) is 0.200. The van der Waals surface area contributed by atoms with Gasteiger partial charge in [0.25, 0.3) is 5.91 Å². The van der Waals surface area contributed by atoms with Crippen molar-refractivity contribution in [2.75, 3.05) is 13.1 Å². The van der Waals surface area contributed by atoms with Gasteiger partial charge in [0.05, 0.1) is 0 Å². The molecule has 1 aliphatic rings. The van der Waals surface area contributed by atoms with E-state index in [2.05, 4.69) is 10.2 Å². The minimum Gasteiger partial charge on any atom is -0.336 e. The van der Waals surface area contributed by atoms with Crippen LogP contribution in [0.4, 0.5) is 0 Å². The number of hydrogen-bond donors (Lipinski definition) is 2. The molecule has 0 radical (unpaired) electrons. The molecule has 0 aromatic carbocycles. The summed E-state index contributed by atoms with van der Waals surface area (Å²) in [4.78, 5) is 13.8. The van der Waals surface area contributed by atoms with Gasteiger partial charge in [-0.25, -0.2) is 0 Å². The average molecular weight is 208 g/mol. The second kappa shape index (κ2) is 3.66. The molecule has 1 aromatic rings. The van der Waals surface area contributed by atoms with E-state index in [1.165, 1.54) is 0 Å². The average Bonchev–Trinajstić information content (AvgIpc) is 2.75. The summed E-state index contributed by atoms with van der Waals surface area (Å²) in [5, 5.41) is 6.85. The molecule has 1 fully saturated rings. The number of hydrogen-bond acceptors (Lipinski definition) is 3. The Bertz CT molecular complexity index is 385. The zero-order valence-corrected chi connectivity index (χ0v) is 9.08. The van der Waals surface area contributed by atoms with Gasteiger partial charge in [0, 0.05) is 30.4 Å². The Balaban J connectivity index is 2.18. The monoisotopic (exact) mass is 208 g/mol. The summed E-state index contributed by atoms with van der Waals surface area (Å²) in [5.41, 5.74) is 8.17. The summed E-state index contributed by atoms with van der Waals surface area (Å²) in [7, 11) is 0. The molecule has 0 spiro atoms. The van der Waals surface area contributed by atoms with Crippen molar-refractivity contribution in [1.82, 2.24) is 15.1 Å². The summed E-state index contributed by atoms with van der Waals surface area (Å²) >= 11 is 0. The third kappa shape index (κ3) is 1.74. The summed E-state index contributed by atoms with van der Waals surface area (Å²) in [5.74, 6) is -0.00944. The fourth-order valence-electron chi connectivity index (χ4n) is 1.81. The molecule has 5 heteroatoms. The van der Waals surface area contributed by atoms with Crippen molar-refractivity contribution in [3.63, 3.8) is 0 Å². The molecule has 82 valence electrons. The van der Waals surface area contributed by atoms with Crippen LogP contribution < -0.4 is 5.73 Å². The normalized spacial score (nSPS) is 21.0. The van der Waals surface area contributed by atoms with E-state index in [9.17, 15) is 4.79 Å². The van der Waals surface area contributed by atoms with Crippen LogP contribution in [-0.4, -0.2) is 40.1 Å². The Kier molecular flexibility index (Phi) is 2.48. The van der Waals surface area contributed by atoms with Crippen LogP contribution >= 0.6 is 0 Å². The number of amides is 1.